The molecule has 1 aliphatic heterocycles. The van der Waals surface area contributed by atoms with E-state index in [9.17, 15) is 14.4 Å². The minimum absolute atomic E-state index is 0.225. The molecule has 0 bridgehead atoms. The SMILES string of the molecule is Cc1ccc(C(=O)NCC(=O)OCC(=O)N2CCN(c3ccccc3)CC2)cc1C. The van der Waals surface area contributed by atoms with E-state index in [1.54, 1.807) is 17.0 Å². The summed E-state index contributed by atoms with van der Waals surface area (Å²) in [5.74, 6) is -1.21. The fraction of sp³-hybridized carbons (Fsp3) is 0.348. The molecule has 0 atom stereocenters. The van der Waals surface area contributed by atoms with Crippen molar-refractivity contribution in [2.24, 2.45) is 0 Å². The highest BCUT2D eigenvalue weighted by atomic mass is 16.5. The molecule has 0 radical (unpaired) electrons. The van der Waals surface area contributed by atoms with Gasteiger partial charge in [-0.2, -0.15) is 0 Å². The number of piperazine rings is 1. The predicted molar refractivity (Wildman–Crippen MR) is 114 cm³/mol. The first-order valence-corrected chi connectivity index (χ1v) is 10.0. The van der Waals surface area contributed by atoms with E-state index in [1.807, 2.05) is 50.2 Å². The van der Waals surface area contributed by atoms with Crippen LogP contribution in [0.1, 0.15) is 21.5 Å². The van der Waals surface area contributed by atoms with Crippen molar-refractivity contribution >= 4 is 23.5 Å². The first-order chi connectivity index (χ1) is 14.4. The van der Waals surface area contributed by atoms with E-state index >= 15 is 0 Å². The van der Waals surface area contributed by atoms with Gasteiger partial charge in [0.1, 0.15) is 6.54 Å². The molecule has 1 heterocycles. The molecule has 1 saturated heterocycles. The Morgan fingerprint density at radius 3 is 2.30 bits per heavy atom. The number of nitrogens with one attached hydrogen (secondary N) is 1. The lowest BCUT2D eigenvalue weighted by Gasteiger charge is -2.36. The van der Waals surface area contributed by atoms with Gasteiger partial charge in [0, 0.05) is 37.4 Å². The number of hydrogen-bond donors (Lipinski definition) is 1. The second kappa shape index (κ2) is 9.91. The lowest BCUT2D eigenvalue weighted by Crippen LogP contribution is -2.50. The Bertz CT molecular complexity index is 906. The van der Waals surface area contributed by atoms with E-state index < -0.39 is 5.97 Å². The topological polar surface area (TPSA) is 78.9 Å². The maximum absolute atomic E-state index is 12.3. The van der Waals surface area contributed by atoms with E-state index in [0.29, 0.717) is 18.7 Å². The van der Waals surface area contributed by atoms with E-state index in [2.05, 4.69) is 10.2 Å². The standard InChI is InChI=1S/C23H27N3O4/c1-17-8-9-19(14-18(17)2)23(29)24-15-22(28)30-16-21(27)26-12-10-25(11-13-26)20-6-4-3-5-7-20/h3-9,14H,10-13,15-16H2,1-2H3,(H,24,29). The molecule has 158 valence electrons. The molecule has 1 fully saturated rings. The highest BCUT2D eigenvalue weighted by molar-refractivity contribution is 5.96. The number of para-hydroxylation sites is 1. The average molecular weight is 409 g/mol. The minimum atomic E-state index is -0.636. The molecule has 0 saturated carbocycles. The molecule has 0 unspecified atom stereocenters. The van der Waals surface area contributed by atoms with Crippen molar-refractivity contribution in [1.82, 2.24) is 10.2 Å². The zero-order valence-corrected chi connectivity index (χ0v) is 17.4. The predicted octanol–water partition coefficient (Wildman–Crippen LogP) is 1.93. The molecule has 0 spiro atoms. The molecule has 1 N–H and O–H groups in total. The van der Waals surface area contributed by atoms with Crippen molar-refractivity contribution in [2.75, 3.05) is 44.2 Å². The number of carbonyl (C=O) groups is 3. The van der Waals surface area contributed by atoms with Gasteiger partial charge in [0.05, 0.1) is 0 Å². The van der Waals surface area contributed by atoms with Crippen LogP contribution in [0.15, 0.2) is 48.5 Å². The van der Waals surface area contributed by atoms with Crippen LogP contribution in [-0.2, 0) is 14.3 Å². The van der Waals surface area contributed by atoms with Crippen LogP contribution >= 0.6 is 0 Å². The van der Waals surface area contributed by atoms with Crippen molar-refractivity contribution in [1.29, 1.82) is 0 Å². The van der Waals surface area contributed by atoms with Gasteiger partial charge in [-0.25, -0.2) is 0 Å². The average Bonchev–Trinajstić information content (AvgIpc) is 2.78. The Morgan fingerprint density at radius 1 is 0.933 bits per heavy atom. The van der Waals surface area contributed by atoms with Gasteiger partial charge in [-0.3, -0.25) is 14.4 Å². The van der Waals surface area contributed by atoms with Crippen LogP contribution in [-0.4, -0.2) is 62.0 Å². The Labute approximate surface area is 176 Å². The first-order valence-electron chi connectivity index (χ1n) is 10.0. The van der Waals surface area contributed by atoms with E-state index in [0.717, 1.165) is 29.9 Å². The molecule has 2 aromatic carbocycles. The Morgan fingerprint density at radius 2 is 1.63 bits per heavy atom. The minimum Gasteiger partial charge on any atom is -0.454 e. The van der Waals surface area contributed by atoms with Gasteiger partial charge in [-0.15, -0.1) is 0 Å². The summed E-state index contributed by atoms with van der Waals surface area (Å²) in [6.07, 6.45) is 0. The van der Waals surface area contributed by atoms with Crippen molar-refractivity contribution in [3.63, 3.8) is 0 Å². The summed E-state index contributed by atoms with van der Waals surface area (Å²) in [4.78, 5) is 40.3. The van der Waals surface area contributed by atoms with Crippen LogP contribution in [0.5, 0.6) is 0 Å². The number of rotatable bonds is 6. The monoisotopic (exact) mass is 409 g/mol. The zero-order chi connectivity index (χ0) is 21.5. The number of ether oxygens (including phenoxy) is 1. The summed E-state index contributed by atoms with van der Waals surface area (Å²) in [5.41, 5.74) is 3.71. The van der Waals surface area contributed by atoms with E-state index in [1.165, 1.54) is 0 Å². The zero-order valence-electron chi connectivity index (χ0n) is 17.4. The van der Waals surface area contributed by atoms with Gasteiger partial charge >= 0.3 is 5.97 Å². The Balaban J connectivity index is 1.38. The van der Waals surface area contributed by atoms with Gasteiger partial charge in [0.2, 0.25) is 0 Å². The number of aryl methyl sites for hydroxylation is 2. The fourth-order valence-electron chi connectivity index (χ4n) is 3.27. The summed E-state index contributed by atoms with van der Waals surface area (Å²) >= 11 is 0. The largest absolute Gasteiger partial charge is 0.454 e. The van der Waals surface area contributed by atoms with E-state index in [-0.39, 0.29) is 25.0 Å². The number of amides is 2. The summed E-state index contributed by atoms with van der Waals surface area (Å²) in [5, 5.41) is 2.53. The molecule has 7 heteroatoms. The maximum atomic E-state index is 12.3. The first kappa shape index (κ1) is 21.4. The molecule has 0 aromatic heterocycles. The van der Waals surface area contributed by atoms with Crippen molar-refractivity contribution in [3.05, 3.63) is 65.2 Å². The van der Waals surface area contributed by atoms with Crippen LogP contribution < -0.4 is 10.2 Å². The molecule has 30 heavy (non-hydrogen) atoms. The highest BCUT2D eigenvalue weighted by Gasteiger charge is 2.22. The third kappa shape index (κ3) is 5.59. The van der Waals surface area contributed by atoms with Gasteiger partial charge in [0.15, 0.2) is 6.61 Å². The second-order valence-electron chi connectivity index (χ2n) is 7.35. The van der Waals surface area contributed by atoms with Crippen LogP contribution in [0.4, 0.5) is 5.69 Å². The smallest absolute Gasteiger partial charge is 0.325 e. The Hall–Kier alpha value is -3.35. The molecular weight excluding hydrogens is 382 g/mol. The lowest BCUT2D eigenvalue weighted by atomic mass is 10.1. The number of nitrogens with zero attached hydrogens (tertiary/aromatic N) is 2. The third-order valence-corrected chi connectivity index (χ3v) is 5.27. The van der Waals surface area contributed by atoms with Gasteiger partial charge in [-0.05, 0) is 49.2 Å². The van der Waals surface area contributed by atoms with Crippen LogP contribution in [0.3, 0.4) is 0 Å². The summed E-state index contributed by atoms with van der Waals surface area (Å²) < 4.78 is 5.04. The number of benzene rings is 2. The molecule has 2 aromatic rings. The van der Waals surface area contributed by atoms with Crippen LogP contribution in [0.2, 0.25) is 0 Å². The maximum Gasteiger partial charge on any atom is 0.325 e. The van der Waals surface area contributed by atoms with Gasteiger partial charge in [0.25, 0.3) is 11.8 Å². The normalized spacial score (nSPS) is 13.7. The fourth-order valence-corrected chi connectivity index (χ4v) is 3.27. The quantitative estimate of drug-likeness (QED) is 0.738. The van der Waals surface area contributed by atoms with E-state index in [4.69, 9.17) is 4.74 Å². The summed E-state index contributed by atoms with van der Waals surface area (Å²) in [7, 11) is 0. The number of esters is 1. The lowest BCUT2D eigenvalue weighted by molar-refractivity contribution is -0.151. The van der Waals surface area contributed by atoms with Crippen LogP contribution in [0.25, 0.3) is 0 Å². The molecule has 0 aliphatic carbocycles. The van der Waals surface area contributed by atoms with Gasteiger partial charge in [-0.1, -0.05) is 24.3 Å². The number of anilines is 1. The molecule has 1 aliphatic rings. The number of carbonyl (C=O) groups excluding carboxylic acids is 3. The van der Waals surface area contributed by atoms with Gasteiger partial charge < -0.3 is 19.9 Å². The highest BCUT2D eigenvalue weighted by Crippen LogP contribution is 2.15. The molecular formula is C23H27N3O4. The molecule has 7 nitrogen and oxygen atoms in total. The summed E-state index contributed by atoms with van der Waals surface area (Å²) in [6, 6.07) is 15.4. The molecule has 2 amide bonds. The van der Waals surface area contributed by atoms with Crippen molar-refractivity contribution in [3.8, 4) is 0 Å². The third-order valence-electron chi connectivity index (χ3n) is 5.27. The number of hydrogen-bond acceptors (Lipinski definition) is 5. The Kier molecular flexibility index (Phi) is 7.06. The second-order valence-corrected chi connectivity index (χ2v) is 7.35. The van der Waals surface area contributed by atoms with Crippen molar-refractivity contribution in [2.45, 2.75) is 13.8 Å². The molecule has 3 rings (SSSR count). The summed E-state index contributed by atoms with van der Waals surface area (Å²) in [6.45, 7) is 5.91. The van der Waals surface area contributed by atoms with Crippen LogP contribution in [0, 0.1) is 13.8 Å². The van der Waals surface area contributed by atoms with Crippen molar-refractivity contribution < 1.29 is 19.1 Å².